The van der Waals surface area contributed by atoms with Crippen molar-refractivity contribution in [2.75, 3.05) is 25.1 Å². The van der Waals surface area contributed by atoms with Crippen LogP contribution in [0.25, 0.3) is 0 Å². The number of anilines is 1. The summed E-state index contributed by atoms with van der Waals surface area (Å²) in [6.45, 7) is 7.93. The van der Waals surface area contributed by atoms with Crippen molar-refractivity contribution in [2.24, 2.45) is 11.8 Å². The zero-order chi connectivity index (χ0) is 18.6. The van der Waals surface area contributed by atoms with Crippen molar-refractivity contribution in [2.45, 2.75) is 39.2 Å². The lowest BCUT2D eigenvalue weighted by Gasteiger charge is -2.44. The number of rotatable bonds is 3. The average Bonchev–Trinajstić information content (AvgIpc) is 2.71. The minimum absolute atomic E-state index is 0.426. The van der Waals surface area contributed by atoms with Crippen LogP contribution in [-0.2, 0) is 0 Å². The predicted molar refractivity (Wildman–Crippen MR) is 110 cm³/mol. The fourth-order valence-corrected chi connectivity index (χ4v) is 3.25. The fraction of sp³-hybridized carbons (Fsp3) is 0.455. The van der Waals surface area contributed by atoms with Gasteiger partial charge in [-0.05, 0) is 56.1 Å². The monoisotopic (exact) mass is 355 g/mol. The van der Waals surface area contributed by atoms with E-state index in [0.717, 1.165) is 23.9 Å². The number of hydrogen-bond donors (Lipinski definition) is 2. The van der Waals surface area contributed by atoms with Crippen LogP contribution in [-0.4, -0.2) is 30.6 Å². The van der Waals surface area contributed by atoms with Gasteiger partial charge in [0, 0.05) is 12.2 Å². The molecule has 2 aromatic carbocycles. The SMILES string of the molecule is CCC.NNc1ccccc1.c1ccc(O[C@H]2CN3CCC2CC3)cc1. The molecule has 2 bridgehead atoms. The van der Waals surface area contributed by atoms with E-state index in [-0.39, 0.29) is 0 Å². The number of nitrogens with one attached hydrogen (secondary N) is 1. The molecule has 4 heteroatoms. The number of nitrogens with two attached hydrogens (primary N) is 1. The summed E-state index contributed by atoms with van der Waals surface area (Å²) >= 11 is 0. The Bertz CT molecular complexity index is 583. The van der Waals surface area contributed by atoms with Gasteiger partial charge in [-0.2, -0.15) is 0 Å². The summed E-state index contributed by atoms with van der Waals surface area (Å²) in [7, 11) is 0. The van der Waals surface area contributed by atoms with E-state index in [4.69, 9.17) is 10.6 Å². The summed E-state index contributed by atoms with van der Waals surface area (Å²) in [5.41, 5.74) is 3.46. The molecule has 26 heavy (non-hydrogen) atoms. The molecule has 3 heterocycles. The van der Waals surface area contributed by atoms with E-state index in [1.807, 2.05) is 48.5 Å². The van der Waals surface area contributed by atoms with Gasteiger partial charge in [0.1, 0.15) is 11.9 Å². The number of hydrazine groups is 1. The molecular formula is C22H33N3O. The van der Waals surface area contributed by atoms with Gasteiger partial charge in [-0.3, -0.25) is 10.7 Å². The summed E-state index contributed by atoms with van der Waals surface area (Å²) in [6.07, 6.45) is 4.31. The molecule has 3 saturated heterocycles. The molecule has 0 saturated carbocycles. The number of piperidine rings is 3. The van der Waals surface area contributed by atoms with Crippen LogP contribution in [0.4, 0.5) is 5.69 Å². The Balaban J connectivity index is 0.000000187. The number of fused-ring (bicyclic) bond motifs is 3. The van der Waals surface area contributed by atoms with Crippen molar-refractivity contribution in [3.8, 4) is 5.75 Å². The highest BCUT2D eigenvalue weighted by atomic mass is 16.5. The average molecular weight is 356 g/mol. The maximum absolute atomic E-state index is 6.05. The van der Waals surface area contributed by atoms with Gasteiger partial charge in [-0.25, -0.2) is 0 Å². The van der Waals surface area contributed by atoms with Crippen LogP contribution >= 0.6 is 0 Å². The molecule has 0 spiro atoms. The first-order valence-corrected chi connectivity index (χ1v) is 9.72. The lowest BCUT2D eigenvalue weighted by molar-refractivity contribution is -0.00775. The molecule has 0 aliphatic carbocycles. The number of hydrogen-bond acceptors (Lipinski definition) is 4. The molecular weight excluding hydrogens is 322 g/mol. The quantitative estimate of drug-likeness (QED) is 0.626. The van der Waals surface area contributed by atoms with E-state index in [1.165, 1.54) is 32.4 Å². The number of para-hydroxylation sites is 2. The normalized spacial score (nSPS) is 23.0. The highest BCUT2D eigenvalue weighted by Gasteiger charge is 2.35. The maximum atomic E-state index is 6.05. The number of ether oxygens (including phenoxy) is 1. The highest BCUT2D eigenvalue weighted by molar-refractivity contribution is 5.40. The largest absolute Gasteiger partial charge is 0.489 e. The first-order chi connectivity index (χ1) is 12.8. The topological polar surface area (TPSA) is 50.5 Å². The van der Waals surface area contributed by atoms with Crippen LogP contribution in [0.2, 0.25) is 0 Å². The van der Waals surface area contributed by atoms with Crippen LogP contribution in [0.3, 0.4) is 0 Å². The van der Waals surface area contributed by atoms with Crippen molar-refractivity contribution in [3.63, 3.8) is 0 Å². The molecule has 2 aromatic rings. The standard InChI is InChI=1S/C13H17NO.C6H8N2.C3H8/c1-2-4-12(5-3-1)15-13-10-14-8-6-11(13)7-9-14;7-8-6-4-2-1-3-5-6;1-3-2/h1-5,11,13H,6-10H2;1-5,8H,7H2;3H2,1-2H3/t13-;;/m0../s1. The number of nitrogens with zero attached hydrogens (tertiary/aromatic N) is 1. The lowest BCUT2D eigenvalue weighted by atomic mass is 9.86. The Morgan fingerprint density at radius 1 is 0.962 bits per heavy atom. The summed E-state index contributed by atoms with van der Waals surface area (Å²) in [5, 5.41) is 0. The molecule has 0 aromatic heterocycles. The summed E-state index contributed by atoms with van der Waals surface area (Å²) < 4.78 is 6.05. The van der Waals surface area contributed by atoms with E-state index >= 15 is 0 Å². The Kier molecular flexibility index (Phi) is 9.01. The zero-order valence-corrected chi connectivity index (χ0v) is 16.1. The van der Waals surface area contributed by atoms with Crippen LogP contribution < -0.4 is 16.0 Å². The third-order valence-electron chi connectivity index (χ3n) is 4.57. The van der Waals surface area contributed by atoms with E-state index in [2.05, 4.69) is 36.3 Å². The first-order valence-electron chi connectivity index (χ1n) is 9.72. The predicted octanol–water partition coefficient (Wildman–Crippen LogP) is 4.55. The number of benzene rings is 2. The van der Waals surface area contributed by atoms with E-state index in [1.54, 1.807) is 0 Å². The molecule has 5 rings (SSSR count). The van der Waals surface area contributed by atoms with Crippen molar-refractivity contribution in [1.29, 1.82) is 0 Å². The van der Waals surface area contributed by atoms with Crippen LogP contribution in [0, 0.1) is 5.92 Å². The minimum Gasteiger partial charge on any atom is -0.489 e. The van der Waals surface area contributed by atoms with Gasteiger partial charge in [0.05, 0.1) is 0 Å². The second-order valence-electron chi connectivity index (χ2n) is 6.82. The molecule has 4 nitrogen and oxygen atoms in total. The molecule has 3 aliphatic heterocycles. The van der Waals surface area contributed by atoms with Gasteiger partial charge in [0.25, 0.3) is 0 Å². The van der Waals surface area contributed by atoms with E-state index in [9.17, 15) is 0 Å². The molecule has 0 unspecified atom stereocenters. The zero-order valence-electron chi connectivity index (χ0n) is 16.1. The minimum atomic E-state index is 0.426. The summed E-state index contributed by atoms with van der Waals surface area (Å²) in [6, 6.07) is 19.8. The number of nitrogen functional groups attached to an aromatic ring is 1. The molecule has 3 fully saturated rings. The van der Waals surface area contributed by atoms with Gasteiger partial charge < -0.3 is 10.2 Å². The van der Waals surface area contributed by atoms with Crippen LogP contribution in [0.1, 0.15) is 33.1 Å². The van der Waals surface area contributed by atoms with Gasteiger partial charge in [0.15, 0.2) is 0 Å². The van der Waals surface area contributed by atoms with Crippen molar-refractivity contribution in [3.05, 3.63) is 60.7 Å². The van der Waals surface area contributed by atoms with Gasteiger partial charge >= 0.3 is 0 Å². The van der Waals surface area contributed by atoms with Crippen LogP contribution in [0.15, 0.2) is 60.7 Å². The summed E-state index contributed by atoms with van der Waals surface area (Å²) in [5.74, 6) is 6.91. The maximum Gasteiger partial charge on any atom is 0.119 e. The van der Waals surface area contributed by atoms with Gasteiger partial charge in [0.2, 0.25) is 0 Å². The third-order valence-corrected chi connectivity index (χ3v) is 4.57. The molecule has 1 atom stereocenters. The molecule has 142 valence electrons. The second kappa shape index (κ2) is 11.6. The Morgan fingerprint density at radius 2 is 1.50 bits per heavy atom. The Hall–Kier alpha value is -2.04. The van der Waals surface area contributed by atoms with Gasteiger partial charge in [-0.1, -0.05) is 56.7 Å². The van der Waals surface area contributed by atoms with E-state index < -0.39 is 0 Å². The van der Waals surface area contributed by atoms with Gasteiger partial charge in [-0.15, -0.1) is 0 Å². The van der Waals surface area contributed by atoms with Crippen molar-refractivity contribution in [1.82, 2.24) is 4.90 Å². The third kappa shape index (κ3) is 6.70. The molecule has 0 radical (unpaired) electrons. The second-order valence-corrected chi connectivity index (χ2v) is 6.82. The van der Waals surface area contributed by atoms with E-state index in [0.29, 0.717) is 6.10 Å². The van der Waals surface area contributed by atoms with Crippen molar-refractivity contribution < 1.29 is 4.74 Å². The molecule has 0 amide bonds. The smallest absolute Gasteiger partial charge is 0.119 e. The van der Waals surface area contributed by atoms with Crippen molar-refractivity contribution >= 4 is 5.69 Å². The Labute approximate surface area is 158 Å². The van der Waals surface area contributed by atoms with Crippen LogP contribution in [0.5, 0.6) is 5.75 Å². The Morgan fingerprint density at radius 3 is 1.92 bits per heavy atom. The summed E-state index contributed by atoms with van der Waals surface area (Å²) in [4.78, 5) is 2.52. The highest BCUT2D eigenvalue weighted by Crippen LogP contribution is 2.30. The molecule has 3 aliphatic rings. The lowest BCUT2D eigenvalue weighted by Crippen LogP contribution is -2.52. The molecule has 3 N–H and O–H groups in total. The first kappa shape index (κ1) is 20.3. The fourth-order valence-electron chi connectivity index (χ4n) is 3.25.